The van der Waals surface area contributed by atoms with Gasteiger partial charge in [-0.3, -0.25) is 4.79 Å². The fourth-order valence-electron chi connectivity index (χ4n) is 5.21. The molecular weight excluding hydrogens is 412 g/mol. The van der Waals surface area contributed by atoms with Crippen LogP contribution in [0.2, 0.25) is 0 Å². The maximum absolute atomic E-state index is 13.5. The summed E-state index contributed by atoms with van der Waals surface area (Å²) in [6.07, 6.45) is 3.98. The molecule has 0 radical (unpaired) electrons. The van der Waals surface area contributed by atoms with Crippen molar-refractivity contribution in [3.8, 4) is 16.9 Å². The van der Waals surface area contributed by atoms with Crippen molar-refractivity contribution in [3.05, 3.63) is 96.1 Å². The molecular formula is C29H25O2S+. The van der Waals surface area contributed by atoms with E-state index in [0.717, 1.165) is 27.6 Å². The van der Waals surface area contributed by atoms with E-state index in [-0.39, 0.29) is 11.9 Å². The van der Waals surface area contributed by atoms with E-state index in [2.05, 4.69) is 36.4 Å². The molecule has 1 fully saturated rings. The number of hydrogen-bond acceptors (Lipinski definition) is 2. The molecule has 3 heteroatoms. The van der Waals surface area contributed by atoms with Crippen LogP contribution in [0.15, 0.2) is 89.8 Å². The van der Waals surface area contributed by atoms with Crippen LogP contribution >= 0.6 is 0 Å². The summed E-state index contributed by atoms with van der Waals surface area (Å²) < 4.78 is 6.13. The van der Waals surface area contributed by atoms with Crippen molar-refractivity contribution in [2.24, 2.45) is 0 Å². The van der Waals surface area contributed by atoms with Gasteiger partial charge in [-0.2, -0.15) is 0 Å². The molecule has 6 rings (SSSR count). The van der Waals surface area contributed by atoms with Crippen molar-refractivity contribution in [3.63, 3.8) is 0 Å². The molecule has 0 atom stereocenters. The maximum atomic E-state index is 13.5. The molecule has 0 aromatic heterocycles. The Morgan fingerprint density at radius 3 is 1.97 bits per heavy atom. The number of hydrogen-bond donors (Lipinski definition) is 0. The minimum absolute atomic E-state index is 0.208. The van der Waals surface area contributed by atoms with Crippen LogP contribution < -0.4 is 4.74 Å². The summed E-state index contributed by atoms with van der Waals surface area (Å²) in [7, 11) is 0.294. The highest BCUT2D eigenvalue weighted by Gasteiger charge is 2.35. The highest BCUT2D eigenvalue weighted by Crippen LogP contribution is 2.45. The average Bonchev–Trinajstić information content (AvgIpc) is 3.19. The Balaban J connectivity index is 1.38. The van der Waals surface area contributed by atoms with Crippen molar-refractivity contribution in [1.29, 1.82) is 0 Å². The zero-order valence-corrected chi connectivity index (χ0v) is 18.7. The normalized spacial score (nSPS) is 16.0. The molecule has 1 heterocycles. The van der Waals surface area contributed by atoms with Crippen molar-refractivity contribution in [2.45, 2.75) is 30.1 Å². The topological polar surface area (TPSA) is 26.3 Å². The number of carbonyl (C=O) groups is 1. The number of rotatable bonds is 3. The Kier molecular flexibility index (Phi) is 4.99. The molecule has 4 aromatic carbocycles. The van der Waals surface area contributed by atoms with Crippen molar-refractivity contribution < 1.29 is 9.53 Å². The highest BCUT2D eigenvalue weighted by molar-refractivity contribution is 7.97. The Labute approximate surface area is 191 Å². The molecule has 32 heavy (non-hydrogen) atoms. The lowest BCUT2D eigenvalue weighted by Gasteiger charge is -2.17. The third kappa shape index (κ3) is 3.23. The van der Waals surface area contributed by atoms with Crippen molar-refractivity contribution in [2.75, 3.05) is 11.5 Å². The number of ether oxygens (including phenoxy) is 1. The molecule has 2 nitrogen and oxygen atoms in total. The zero-order valence-electron chi connectivity index (χ0n) is 17.9. The second kappa shape index (κ2) is 8.14. The summed E-state index contributed by atoms with van der Waals surface area (Å²) in [5.74, 6) is 2.62. The Morgan fingerprint density at radius 1 is 0.688 bits per heavy atom. The van der Waals surface area contributed by atoms with Crippen LogP contribution in [0.5, 0.6) is 5.75 Å². The van der Waals surface area contributed by atoms with Crippen LogP contribution in [0.25, 0.3) is 21.9 Å². The lowest BCUT2D eigenvalue weighted by molar-refractivity contribution is -0.134. The number of carbonyl (C=O) groups excluding carboxylic acids is 1. The van der Waals surface area contributed by atoms with Gasteiger partial charge in [-0.05, 0) is 59.7 Å². The minimum atomic E-state index is -0.388. The van der Waals surface area contributed by atoms with Gasteiger partial charge in [0.2, 0.25) is 0 Å². The molecule has 0 bridgehead atoms. The highest BCUT2D eigenvalue weighted by atomic mass is 32.2. The molecule has 0 unspecified atom stereocenters. The molecule has 1 saturated heterocycles. The van der Waals surface area contributed by atoms with Gasteiger partial charge < -0.3 is 4.74 Å². The van der Waals surface area contributed by atoms with Crippen LogP contribution in [-0.4, -0.2) is 17.5 Å². The smallest absolute Gasteiger partial charge is 0.323 e. The summed E-state index contributed by atoms with van der Waals surface area (Å²) in [5, 5.41) is 2.27. The second-order valence-electron chi connectivity index (χ2n) is 8.60. The lowest BCUT2D eigenvalue weighted by atomic mass is 9.97. The molecule has 0 N–H and O–H groups in total. The Bertz CT molecular complexity index is 1270. The fraction of sp³-hybridized carbons (Fsp3) is 0.207. The predicted octanol–water partition coefficient (Wildman–Crippen LogP) is 6.72. The van der Waals surface area contributed by atoms with Gasteiger partial charge in [0.25, 0.3) is 0 Å². The quantitative estimate of drug-likeness (QED) is 0.202. The SMILES string of the molecule is O=C(Oc1ccc([S+]2CCCCC2)c2ccccc12)C1c2ccccc2-c2ccccc21. The van der Waals surface area contributed by atoms with E-state index in [9.17, 15) is 4.79 Å². The first kappa shape index (κ1) is 19.6. The Hall–Kier alpha value is -3.04. The minimum Gasteiger partial charge on any atom is -0.425 e. The molecule has 0 amide bonds. The van der Waals surface area contributed by atoms with Gasteiger partial charge in [-0.1, -0.05) is 66.7 Å². The first-order valence-corrected chi connectivity index (χ1v) is 13.0. The predicted molar refractivity (Wildman–Crippen MR) is 133 cm³/mol. The van der Waals surface area contributed by atoms with Crippen molar-refractivity contribution in [1.82, 2.24) is 0 Å². The van der Waals surface area contributed by atoms with Gasteiger partial charge in [0.15, 0.2) is 4.90 Å². The van der Waals surface area contributed by atoms with Crippen LogP contribution in [0, 0.1) is 0 Å². The molecule has 1 aliphatic carbocycles. The van der Waals surface area contributed by atoms with E-state index >= 15 is 0 Å². The number of benzene rings is 4. The second-order valence-corrected chi connectivity index (χ2v) is 10.8. The fourth-order valence-corrected chi connectivity index (χ4v) is 7.71. The van der Waals surface area contributed by atoms with Gasteiger partial charge in [0.05, 0.1) is 0 Å². The van der Waals surface area contributed by atoms with Crippen LogP contribution in [0.1, 0.15) is 36.3 Å². The molecule has 158 valence electrons. The van der Waals surface area contributed by atoms with E-state index in [1.807, 2.05) is 48.5 Å². The van der Waals surface area contributed by atoms with E-state index in [1.165, 1.54) is 41.0 Å². The van der Waals surface area contributed by atoms with Crippen molar-refractivity contribution >= 4 is 27.6 Å². The van der Waals surface area contributed by atoms with Crippen LogP contribution in [-0.2, 0) is 15.7 Å². The van der Waals surface area contributed by atoms with Gasteiger partial charge in [0.1, 0.15) is 23.2 Å². The zero-order chi connectivity index (χ0) is 21.5. The van der Waals surface area contributed by atoms with E-state index in [4.69, 9.17) is 4.74 Å². The van der Waals surface area contributed by atoms with Gasteiger partial charge >= 0.3 is 5.97 Å². The standard InChI is InChI=1S/C29H25O2S/c30-29(28-24-14-6-2-10-20(24)21-11-3-7-15-25(21)28)31-26-16-17-27(32-18-8-1-9-19-32)23-13-5-4-12-22(23)26/h2-7,10-17,28H,1,8-9,18-19H2/q+1. The van der Waals surface area contributed by atoms with E-state index in [0.29, 0.717) is 16.6 Å². The summed E-state index contributed by atoms with van der Waals surface area (Å²) in [6.45, 7) is 0. The maximum Gasteiger partial charge on any atom is 0.323 e. The molecule has 0 spiro atoms. The summed E-state index contributed by atoms with van der Waals surface area (Å²) >= 11 is 0. The first-order chi connectivity index (χ1) is 15.8. The van der Waals surface area contributed by atoms with E-state index in [1.54, 1.807) is 0 Å². The van der Waals surface area contributed by atoms with E-state index < -0.39 is 0 Å². The van der Waals surface area contributed by atoms with Crippen LogP contribution in [0.3, 0.4) is 0 Å². The molecule has 2 aliphatic rings. The monoisotopic (exact) mass is 437 g/mol. The Morgan fingerprint density at radius 2 is 1.28 bits per heavy atom. The van der Waals surface area contributed by atoms with Gasteiger partial charge in [0, 0.05) is 21.7 Å². The summed E-state index contributed by atoms with van der Waals surface area (Å²) in [6, 6.07) is 29.0. The summed E-state index contributed by atoms with van der Waals surface area (Å²) in [4.78, 5) is 15.0. The number of esters is 1. The lowest BCUT2D eigenvalue weighted by Crippen LogP contribution is -2.19. The van der Waals surface area contributed by atoms with Crippen LogP contribution in [0.4, 0.5) is 0 Å². The largest absolute Gasteiger partial charge is 0.425 e. The summed E-state index contributed by atoms with van der Waals surface area (Å²) in [5.41, 5.74) is 4.32. The molecule has 1 aliphatic heterocycles. The molecule has 0 saturated carbocycles. The number of fused-ring (bicyclic) bond motifs is 4. The van der Waals surface area contributed by atoms with Gasteiger partial charge in [-0.15, -0.1) is 0 Å². The average molecular weight is 438 g/mol. The third-order valence-electron chi connectivity index (χ3n) is 6.72. The molecule has 4 aromatic rings. The first-order valence-electron chi connectivity index (χ1n) is 11.4. The van der Waals surface area contributed by atoms with Gasteiger partial charge in [-0.25, -0.2) is 0 Å². The third-order valence-corrected chi connectivity index (χ3v) is 9.26.